The van der Waals surface area contributed by atoms with Gasteiger partial charge in [0.05, 0.1) is 10.9 Å². The van der Waals surface area contributed by atoms with Crippen LogP contribution in [0.1, 0.15) is 133 Å². The third-order valence-electron chi connectivity index (χ3n) is 9.45. The minimum atomic E-state index is -1.10. The molecule has 2 aromatic carbocycles. The van der Waals surface area contributed by atoms with Crippen LogP contribution in [0.15, 0.2) is 51.9 Å². The van der Waals surface area contributed by atoms with Gasteiger partial charge in [0.2, 0.25) is 0 Å². The molecule has 296 valence electrons. The molecule has 2 aromatic rings. The van der Waals surface area contributed by atoms with Gasteiger partial charge in [-0.2, -0.15) is 0 Å². The molecule has 1 heterocycles. The molecule has 10 nitrogen and oxygen atoms in total. The lowest BCUT2D eigenvalue weighted by Gasteiger charge is -2.19. The number of hydrogen-bond donors (Lipinski definition) is 5. The van der Waals surface area contributed by atoms with Crippen LogP contribution in [0.2, 0.25) is 0 Å². The van der Waals surface area contributed by atoms with Crippen molar-refractivity contribution in [2.45, 2.75) is 119 Å². The molecule has 0 unspecified atom stereocenters. The summed E-state index contributed by atoms with van der Waals surface area (Å²) in [5.74, 6) is -0.765. The van der Waals surface area contributed by atoms with Crippen LogP contribution in [-0.4, -0.2) is 55.2 Å². The lowest BCUT2D eigenvalue weighted by molar-refractivity contribution is 0.0697. The molecule has 54 heavy (non-hydrogen) atoms. The first-order chi connectivity index (χ1) is 25.5. The number of aryl methyl sites for hydroxylation is 2. The largest absolute Gasteiger partial charge is 0.478 e. The fourth-order valence-electron chi connectivity index (χ4n) is 6.76. The van der Waals surface area contributed by atoms with E-state index < -0.39 is 5.97 Å². The number of unbranched alkanes of at least 4 members (excludes halogenated alkanes) is 9. The van der Waals surface area contributed by atoms with E-state index in [4.69, 9.17) is 4.42 Å². The van der Waals surface area contributed by atoms with Gasteiger partial charge < -0.3 is 30.8 Å². The monoisotopic (exact) mass is 743 g/mol. The molecule has 10 heteroatoms. The summed E-state index contributed by atoms with van der Waals surface area (Å²) in [5, 5.41) is 24.2. The number of amides is 3. The molecule has 0 atom stereocenters. The standard InChI is InChI=1S/C43H59N5O5.CH4.H2/c1-7-44-36-26-38-34(23-29(36)5)40(35-24-30(6)37(45-8-2)27-39(35)53-38)32-20-19-31(25-33(32)42(50)51)41(49)46-21-17-15-13-11-9-10-12-14-16-18-22-47-43(52)48-28(3)4;;/h19-20,23-28,44H,7-18,21-22H2,1-6H3,(H,46,49)(H,50,51)(H2,47,48,52);1H4;1H. The summed E-state index contributed by atoms with van der Waals surface area (Å²) in [6.07, 6.45) is 11.2. The smallest absolute Gasteiger partial charge is 0.336 e. The molecule has 2 aliphatic rings. The van der Waals surface area contributed by atoms with Gasteiger partial charge in [0.15, 0.2) is 0 Å². The van der Waals surface area contributed by atoms with E-state index in [9.17, 15) is 19.5 Å². The molecule has 0 saturated carbocycles. The molecule has 0 radical (unpaired) electrons. The number of fused-ring (bicyclic) bond motifs is 2. The SMILES string of the molecule is C.CCN=c1cc2oc3cc(NCC)c(C)cc3c(-c3ccc(C(=O)NCCCCCCCCCCCCNC(=O)NC(C)C)cc3C(=O)O)c-2cc1C.[HH]. The van der Waals surface area contributed by atoms with E-state index in [1.54, 1.807) is 12.1 Å². The predicted octanol–water partition coefficient (Wildman–Crippen LogP) is 10.1. The van der Waals surface area contributed by atoms with Crippen LogP contribution < -0.4 is 26.6 Å². The Morgan fingerprint density at radius 2 is 1.43 bits per heavy atom. The van der Waals surface area contributed by atoms with Crippen molar-refractivity contribution in [1.29, 1.82) is 0 Å². The number of hydrogen-bond acceptors (Lipinski definition) is 6. The summed E-state index contributed by atoms with van der Waals surface area (Å²) in [4.78, 5) is 42.2. The fourth-order valence-corrected chi connectivity index (χ4v) is 6.76. The second-order valence-corrected chi connectivity index (χ2v) is 14.2. The zero-order chi connectivity index (χ0) is 38.3. The Morgan fingerprint density at radius 1 is 0.796 bits per heavy atom. The third-order valence-corrected chi connectivity index (χ3v) is 9.45. The van der Waals surface area contributed by atoms with Gasteiger partial charge in [-0.3, -0.25) is 9.79 Å². The zero-order valence-corrected chi connectivity index (χ0v) is 32.5. The third kappa shape index (κ3) is 12.1. The van der Waals surface area contributed by atoms with E-state index in [1.807, 2.05) is 65.8 Å². The average molecular weight is 744 g/mol. The lowest BCUT2D eigenvalue weighted by atomic mass is 9.88. The number of carbonyl (C=O) groups excluding carboxylic acids is 2. The normalized spacial score (nSPS) is 11.5. The Hall–Kier alpha value is -4.86. The minimum Gasteiger partial charge on any atom is -0.478 e. The van der Waals surface area contributed by atoms with Crippen LogP contribution in [0, 0.1) is 13.8 Å². The molecule has 1 aliphatic carbocycles. The van der Waals surface area contributed by atoms with Crippen molar-refractivity contribution in [2.75, 3.05) is 31.5 Å². The van der Waals surface area contributed by atoms with Gasteiger partial charge in [0, 0.05) is 73.5 Å². The first kappa shape index (κ1) is 43.5. The van der Waals surface area contributed by atoms with Crippen LogP contribution in [0.4, 0.5) is 10.5 Å². The maximum atomic E-state index is 13.2. The highest BCUT2D eigenvalue weighted by atomic mass is 16.4. The van der Waals surface area contributed by atoms with Gasteiger partial charge in [0.1, 0.15) is 11.3 Å². The molecule has 4 rings (SSSR count). The Balaban J connectivity index is 0.00000523. The topological polar surface area (TPSA) is 145 Å². The van der Waals surface area contributed by atoms with Crippen molar-refractivity contribution in [3.63, 3.8) is 0 Å². The Morgan fingerprint density at radius 3 is 2.02 bits per heavy atom. The number of nitrogens with one attached hydrogen (secondary N) is 4. The number of carboxylic acids is 1. The second kappa shape index (κ2) is 21.7. The summed E-state index contributed by atoms with van der Waals surface area (Å²) in [6.45, 7) is 14.6. The minimum absolute atomic E-state index is 0. The number of benzene rings is 3. The van der Waals surface area contributed by atoms with Gasteiger partial charge >= 0.3 is 12.0 Å². The van der Waals surface area contributed by atoms with Crippen LogP contribution in [0.25, 0.3) is 33.4 Å². The number of carbonyl (C=O) groups is 3. The van der Waals surface area contributed by atoms with Gasteiger partial charge in [-0.25, -0.2) is 9.59 Å². The number of nitrogens with zero attached hydrogens (tertiary/aromatic N) is 1. The molecule has 0 bridgehead atoms. The van der Waals surface area contributed by atoms with E-state index in [0.29, 0.717) is 35.6 Å². The van der Waals surface area contributed by atoms with E-state index in [0.717, 1.165) is 83.9 Å². The van der Waals surface area contributed by atoms with Crippen molar-refractivity contribution in [2.24, 2.45) is 4.99 Å². The quantitative estimate of drug-likeness (QED) is 0.0450. The van der Waals surface area contributed by atoms with Crippen LogP contribution >= 0.6 is 0 Å². The summed E-state index contributed by atoms with van der Waals surface area (Å²) in [6, 6.07) is 13.0. The van der Waals surface area contributed by atoms with Gasteiger partial charge in [-0.05, 0) is 95.3 Å². The van der Waals surface area contributed by atoms with Crippen molar-refractivity contribution >= 4 is 34.6 Å². The Bertz CT molecular complexity index is 1900. The highest BCUT2D eigenvalue weighted by Gasteiger charge is 2.24. The lowest BCUT2D eigenvalue weighted by Crippen LogP contribution is -2.39. The van der Waals surface area contributed by atoms with Crippen molar-refractivity contribution in [1.82, 2.24) is 16.0 Å². The summed E-state index contributed by atoms with van der Waals surface area (Å²) < 4.78 is 6.46. The summed E-state index contributed by atoms with van der Waals surface area (Å²) in [7, 11) is 0. The van der Waals surface area contributed by atoms with Gasteiger partial charge in [-0.1, -0.05) is 64.9 Å². The van der Waals surface area contributed by atoms with Crippen LogP contribution in [0.5, 0.6) is 0 Å². The Labute approximate surface area is 323 Å². The molecule has 0 spiro atoms. The predicted molar refractivity (Wildman–Crippen MR) is 224 cm³/mol. The van der Waals surface area contributed by atoms with Crippen molar-refractivity contribution in [3.8, 4) is 22.5 Å². The number of urea groups is 1. The summed E-state index contributed by atoms with van der Waals surface area (Å²) in [5.41, 5.74) is 6.01. The molecular formula is C44H65N5O5. The van der Waals surface area contributed by atoms with E-state index in [-0.39, 0.29) is 32.4 Å². The second-order valence-electron chi connectivity index (χ2n) is 14.2. The molecule has 0 saturated heterocycles. The maximum absolute atomic E-state index is 13.2. The molecule has 5 N–H and O–H groups in total. The van der Waals surface area contributed by atoms with Crippen LogP contribution in [0.3, 0.4) is 0 Å². The van der Waals surface area contributed by atoms with E-state index in [1.165, 1.54) is 38.2 Å². The number of carboxylic acid groups (broad SMARTS) is 1. The molecule has 3 amide bonds. The van der Waals surface area contributed by atoms with Crippen molar-refractivity contribution in [3.05, 3.63) is 70.1 Å². The number of anilines is 1. The fraction of sp³-hybridized carbons (Fsp3) is 0.500. The molecule has 0 aromatic heterocycles. The van der Waals surface area contributed by atoms with Gasteiger partial charge in [0.25, 0.3) is 5.91 Å². The molecule has 1 aliphatic heterocycles. The molecular weight excluding hydrogens is 679 g/mol. The number of rotatable bonds is 20. The number of aromatic carboxylic acids is 1. The Kier molecular flexibility index (Phi) is 17.5. The molecule has 0 fully saturated rings. The van der Waals surface area contributed by atoms with Crippen molar-refractivity contribution < 1.29 is 25.3 Å². The summed E-state index contributed by atoms with van der Waals surface area (Å²) >= 11 is 0. The maximum Gasteiger partial charge on any atom is 0.336 e. The highest BCUT2D eigenvalue weighted by Crippen LogP contribution is 2.43. The average Bonchev–Trinajstić information content (AvgIpc) is 3.11. The first-order valence-corrected chi connectivity index (χ1v) is 19.5. The highest BCUT2D eigenvalue weighted by molar-refractivity contribution is 6.09. The van der Waals surface area contributed by atoms with Gasteiger partial charge in [-0.15, -0.1) is 0 Å². The first-order valence-electron chi connectivity index (χ1n) is 19.5. The van der Waals surface area contributed by atoms with E-state index >= 15 is 0 Å². The zero-order valence-electron chi connectivity index (χ0n) is 32.5. The van der Waals surface area contributed by atoms with E-state index in [2.05, 4.69) is 26.3 Å². The van der Waals surface area contributed by atoms with Crippen LogP contribution in [-0.2, 0) is 0 Å².